The van der Waals surface area contributed by atoms with E-state index in [-0.39, 0.29) is 34.9 Å². The molecule has 0 saturated heterocycles. The number of alkyl halides is 3. The first kappa shape index (κ1) is 27.3. The maximum Gasteiger partial charge on any atom is 0.416 e. The lowest BCUT2D eigenvalue weighted by atomic mass is 10.0. The van der Waals surface area contributed by atoms with Crippen molar-refractivity contribution in [3.8, 4) is 5.69 Å². The number of nitrogens with one attached hydrogen (secondary N) is 2. The van der Waals surface area contributed by atoms with Crippen molar-refractivity contribution in [2.24, 2.45) is 0 Å². The predicted octanol–water partition coefficient (Wildman–Crippen LogP) is 5.26. The number of aryl methyl sites for hydroxylation is 1. The van der Waals surface area contributed by atoms with Gasteiger partial charge in [0.1, 0.15) is 5.01 Å². The van der Waals surface area contributed by atoms with E-state index in [0.29, 0.717) is 15.7 Å². The number of anilines is 1. The minimum Gasteiger partial charge on any atom is -0.345 e. The second-order valence-electron chi connectivity index (χ2n) is 8.45. The first-order valence-electron chi connectivity index (χ1n) is 11.8. The van der Waals surface area contributed by atoms with Crippen LogP contribution in [0, 0.1) is 6.92 Å². The van der Waals surface area contributed by atoms with E-state index in [1.807, 2.05) is 30.3 Å². The van der Waals surface area contributed by atoms with Gasteiger partial charge in [0, 0.05) is 5.56 Å². The van der Waals surface area contributed by atoms with Crippen molar-refractivity contribution in [1.29, 1.82) is 0 Å². The van der Waals surface area contributed by atoms with Crippen LogP contribution in [-0.4, -0.2) is 42.5 Å². The predicted molar refractivity (Wildman–Crippen MR) is 145 cm³/mol. The van der Waals surface area contributed by atoms with E-state index in [4.69, 9.17) is 0 Å². The summed E-state index contributed by atoms with van der Waals surface area (Å²) in [6.45, 7) is 1.63. The van der Waals surface area contributed by atoms with Crippen molar-refractivity contribution in [2.75, 3.05) is 11.1 Å². The Hall–Kier alpha value is -4.30. The highest BCUT2D eigenvalue weighted by molar-refractivity contribution is 7.99. The standard InChI is InChI=1S/C26H20F3N7O2S2/c1-15-32-34-24(40-15)31-22(37)14-39-25-35-33-21(36(25)18-9-5-8-17(12-18)26(27,28)29)13-30-23(38)20-11-4-7-16-6-2-3-10-19(16)20/h2-12H,13-14H2,1H3,(H,30,38)(H,31,34,37). The number of nitrogens with zero attached hydrogens (tertiary/aromatic N) is 5. The smallest absolute Gasteiger partial charge is 0.345 e. The molecule has 3 aromatic carbocycles. The van der Waals surface area contributed by atoms with Crippen LogP contribution in [-0.2, 0) is 17.5 Å². The molecule has 2 aromatic heterocycles. The fourth-order valence-electron chi connectivity index (χ4n) is 3.90. The van der Waals surface area contributed by atoms with E-state index >= 15 is 0 Å². The second-order valence-corrected chi connectivity index (χ2v) is 10.6. The molecule has 0 atom stereocenters. The molecule has 5 aromatic rings. The third kappa shape index (κ3) is 6.13. The van der Waals surface area contributed by atoms with E-state index in [0.717, 1.165) is 34.7 Å². The van der Waals surface area contributed by atoms with Crippen molar-refractivity contribution in [1.82, 2.24) is 30.3 Å². The molecule has 2 heterocycles. The van der Waals surface area contributed by atoms with E-state index in [1.54, 1.807) is 19.1 Å². The Kier molecular flexibility index (Phi) is 7.80. The molecule has 5 rings (SSSR count). The molecule has 0 radical (unpaired) electrons. The average molecular weight is 584 g/mol. The van der Waals surface area contributed by atoms with Gasteiger partial charge in [-0.15, -0.1) is 20.4 Å². The molecule has 9 nitrogen and oxygen atoms in total. The summed E-state index contributed by atoms with van der Waals surface area (Å²) in [5.74, 6) is -0.699. The molecular weight excluding hydrogens is 563 g/mol. The molecule has 204 valence electrons. The number of benzene rings is 3. The van der Waals surface area contributed by atoms with Crippen molar-refractivity contribution < 1.29 is 22.8 Å². The largest absolute Gasteiger partial charge is 0.416 e. The van der Waals surface area contributed by atoms with E-state index in [1.165, 1.54) is 28.0 Å². The minimum absolute atomic E-state index is 0.113. The van der Waals surface area contributed by atoms with Crippen molar-refractivity contribution >= 4 is 50.8 Å². The van der Waals surface area contributed by atoms with Crippen LogP contribution in [0.25, 0.3) is 16.5 Å². The number of hydrogen-bond donors (Lipinski definition) is 2. The zero-order valence-corrected chi connectivity index (χ0v) is 22.4. The van der Waals surface area contributed by atoms with Crippen molar-refractivity contribution in [3.63, 3.8) is 0 Å². The molecule has 0 fully saturated rings. The summed E-state index contributed by atoms with van der Waals surface area (Å²) < 4.78 is 41.8. The van der Waals surface area contributed by atoms with Gasteiger partial charge in [0.25, 0.3) is 5.91 Å². The normalized spacial score (nSPS) is 11.5. The van der Waals surface area contributed by atoms with Gasteiger partial charge in [-0.25, -0.2) is 0 Å². The number of carbonyl (C=O) groups is 2. The highest BCUT2D eigenvalue weighted by atomic mass is 32.2. The van der Waals surface area contributed by atoms with Gasteiger partial charge in [0.2, 0.25) is 11.0 Å². The van der Waals surface area contributed by atoms with Gasteiger partial charge in [-0.2, -0.15) is 13.2 Å². The van der Waals surface area contributed by atoms with Crippen LogP contribution in [0.15, 0.2) is 71.9 Å². The van der Waals surface area contributed by atoms with Crippen molar-refractivity contribution in [2.45, 2.75) is 24.8 Å². The Balaban J connectivity index is 1.40. The number of amides is 2. The topological polar surface area (TPSA) is 115 Å². The number of carbonyl (C=O) groups excluding carboxylic acids is 2. The molecular formula is C26H20F3N7O2S2. The van der Waals surface area contributed by atoms with Gasteiger partial charge in [-0.3, -0.25) is 19.5 Å². The van der Waals surface area contributed by atoms with Gasteiger partial charge in [-0.1, -0.05) is 65.6 Å². The van der Waals surface area contributed by atoms with Crippen LogP contribution >= 0.6 is 23.1 Å². The number of thioether (sulfide) groups is 1. The Morgan fingerprint density at radius 3 is 2.52 bits per heavy atom. The highest BCUT2D eigenvalue weighted by Gasteiger charge is 2.31. The third-order valence-corrected chi connectivity index (χ3v) is 7.36. The average Bonchev–Trinajstić information content (AvgIpc) is 3.55. The molecule has 0 bridgehead atoms. The van der Waals surface area contributed by atoms with Crippen LogP contribution in [0.2, 0.25) is 0 Å². The summed E-state index contributed by atoms with van der Waals surface area (Å²) in [5.41, 5.74) is -0.275. The maximum atomic E-state index is 13.5. The van der Waals surface area contributed by atoms with E-state index < -0.39 is 17.6 Å². The molecule has 14 heteroatoms. The summed E-state index contributed by atoms with van der Waals surface area (Å²) in [6, 6.07) is 17.4. The number of halogens is 3. The summed E-state index contributed by atoms with van der Waals surface area (Å²) in [5, 5.41) is 24.2. The number of fused-ring (bicyclic) bond motifs is 1. The van der Waals surface area contributed by atoms with E-state index in [9.17, 15) is 22.8 Å². The summed E-state index contributed by atoms with van der Waals surface area (Å²) in [7, 11) is 0. The lowest BCUT2D eigenvalue weighted by Crippen LogP contribution is -2.25. The fourth-order valence-corrected chi connectivity index (χ4v) is 5.28. The van der Waals surface area contributed by atoms with Crippen molar-refractivity contribution in [3.05, 3.63) is 88.7 Å². The van der Waals surface area contributed by atoms with Gasteiger partial charge in [-0.05, 0) is 42.0 Å². The minimum atomic E-state index is -4.57. The molecule has 0 saturated carbocycles. The Morgan fingerprint density at radius 2 is 1.75 bits per heavy atom. The SMILES string of the molecule is Cc1nnc(NC(=O)CSc2nnc(CNC(=O)c3cccc4ccccc34)n2-c2cccc(C(F)(F)F)c2)s1. The Morgan fingerprint density at radius 1 is 0.975 bits per heavy atom. The Labute approximate surface area is 233 Å². The molecule has 0 aliphatic carbocycles. The quantitative estimate of drug-likeness (QED) is 0.240. The molecule has 40 heavy (non-hydrogen) atoms. The molecule has 2 amide bonds. The van der Waals surface area contributed by atoms with Gasteiger partial charge in [0.15, 0.2) is 11.0 Å². The van der Waals surface area contributed by atoms with Crippen LogP contribution < -0.4 is 10.6 Å². The molecule has 0 spiro atoms. The van der Waals surface area contributed by atoms with E-state index in [2.05, 4.69) is 31.0 Å². The summed E-state index contributed by atoms with van der Waals surface area (Å²) in [6.07, 6.45) is -4.57. The van der Waals surface area contributed by atoms with Gasteiger partial charge >= 0.3 is 6.18 Å². The summed E-state index contributed by atoms with van der Waals surface area (Å²) >= 11 is 2.19. The lowest BCUT2D eigenvalue weighted by molar-refractivity contribution is -0.137. The first-order chi connectivity index (χ1) is 19.2. The lowest BCUT2D eigenvalue weighted by Gasteiger charge is -2.14. The molecule has 2 N–H and O–H groups in total. The maximum absolute atomic E-state index is 13.5. The molecule has 0 aliphatic heterocycles. The zero-order valence-electron chi connectivity index (χ0n) is 20.8. The van der Waals surface area contributed by atoms with Crippen LogP contribution in [0.5, 0.6) is 0 Å². The van der Waals surface area contributed by atoms with Gasteiger partial charge < -0.3 is 5.32 Å². The second kappa shape index (κ2) is 11.4. The highest BCUT2D eigenvalue weighted by Crippen LogP contribution is 2.32. The van der Waals surface area contributed by atoms with Crippen LogP contribution in [0.1, 0.15) is 26.8 Å². The number of rotatable bonds is 8. The zero-order chi connectivity index (χ0) is 28.3. The number of aromatic nitrogens is 5. The molecule has 0 aliphatic rings. The van der Waals surface area contributed by atoms with Gasteiger partial charge in [0.05, 0.1) is 23.5 Å². The number of hydrogen-bond acceptors (Lipinski definition) is 8. The monoisotopic (exact) mass is 583 g/mol. The van der Waals surface area contributed by atoms with Crippen LogP contribution in [0.3, 0.4) is 0 Å². The molecule has 0 unspecified atom stereocenters. The van der Waals surface area contributed by atoms with Crippen LogP contribution in [0.4, 0.5) is 18.3 Å². The fraction of sp³-hybridized carbons (Fsp3) is 0.154. The summed E-state index contributed by atoms with van der Waals surface area (Å²) in [4.78, 5) is 25.5. The Bertz CT molecular complexity index is 1700. The first-order valence-corrected chi connectivity index (χ1v) is 13.6. The third-order valence-electron chi connectivity index (χ3n) is 5.68.